The van der Waals surface area contributed by atoms with Crippen molar-refractivity contribution in [2.45, 2.75) is 65.2 Å². The van der Waals surface area contributed by atoms with Crippen molar-refractivity contribution in [3.8, 4) is 0 Å². The summed E-state index contributed by atoms with van der Waals surface area (Å²) in [6.07, 6.45) is -2.36. The van der Waals surface area contributed by atoms with Gasteiger partial charge in [0.15, 0.2) is 0 Å². The van der Waals surface area contributed by atoms with Crippen molar-refractivity contribution < 1.29 is 27.8 Å². The number of aliphatic hydroxyl groups excluding tert-OH is 1. The highest BCUT2D eigenvalue weighted by molar-refractivity contribution is 5.95. The zero-order chi connectivity index (χ0) is 26.2. The van der Waals surface area contributed by atoms with Crippen LogP contribution in [-0.4, -0.2) is 36.7 Å². The molecule has 0 saturated heterocycles. The van der Waals surface area contributed by atoms with Crippen molar-refractivity contribution >= 4 is 18.0 Å². The third-order valence-electron chi connectivity index (χ3n) is 5.26. The van der Waals surface area contributed by atoms with Gasteiger partial charge >= 0.3 is 12.3 Å². The molecule has 0 fully saturated rings. The monoisotopic (exact) mass is 480 g/mol. The smallest absolute Gasteiger partial charge is 0.416 e. The van der Waals surface area contributed by atoms with Crippen molar-refractivity contribution in [1.82, 2.24) is 0 Å². The number of carbonyl (C=O) groups is 1. The van der Waals surface area contributed by atoms with Gasteiger partial charge in [0, 0.05) is 24.2 Å². The molecule has 0 radical (unpaired) electrons. The molecule has 34 heavy (non-hydrogen) atoms. The van der Waals surface area contributed by atoms with E-state index in [-0.39, 0.29) is 6.61 Å². The largest absolute Gasteiger partial charge is 0.444 e. The van der Waals surface area contributed by atoms with Gasteiger partial charge in [0.05, 0.1) is 17.9 Å². The van der Waals surface area contributed by atoms with Crippen LogP contribution in [0.5, 0.6) is 0 Å². The van der Waals surface area contributed by atoms with Crippen LogP contribution in [-0.2, 0) is 16.3 Å². The zero-order valence-electron chi connectivity index (χ0n) is 20.9. The Morgan fingerprint density at radius 3 is 2.06 bits per heavy atom. The summed E-state index contributed by atoms with van der Waals surface area (Å²) in [6, 6.07) is 10.7. The van der Waals surface area contributed by atoms with Gasteiger partial charge in [0.1, 0.15) is 5.60 Å². The minimum Gasteiger partial charge on any atom is -0.444 e. The molecule has 5 nitrogen and oxygen atoms in total. The first-order valence-electron chi connectivity index (χ1n) is 11.0. The van der Waals surface area contributed by atoms with Gasteiger partial charge in [0.2, 0.25) is 0 Å². The summed E-state index contributed by atoms with van der Waals surface area (Å²) < 4.78 is 42.2. The number of carbonyl (C=O) groups excluding carboxylic acids is 1. The van der Waals surface area contributed by atoms with Gasteiger partial charge in [-0.25, -0.2) is 4.79 Å². The van der Waals surface area contributed by atoms with Crippen LogP contribution in [0.15, 0.2) is 47.5 Å². The van der Waals surface area contributed by atoms with Crippen LogP contribution in [0.3, 0.4) is 0 Å². The predicted molar refractivity (Wildman–Crippen MR) is 131 cm³/mol. The predicted octanol–water partition coefficient (Wildman–Crippen LogP) is 6.76. The molecular formula is C26H35F3N2O3. The molecule has 0 aromatic heterocycles. The summed E-state index contributed by atoms with van der Waals surface area (Å²) >= 11 is 0. The fourth-order valence-corrected chi connectivity index (χ4v) is 2.97. The van der Waals surface area contributed by atoms with Crippen LogP contribution < -0.4 is 5.32 Å². The maximum Gasteiger partial charge on any atom is 0.416 e. The lowest BCUT2D eigenvalue weighted by Gasteiger charge is -2.26. The molecule has 0 aliphatic heterocycles. The van der Waals surface area contributed by atoms with Crippen LogP contribution in [0, 0.1) is 6.92 Å². The maximum atomic E-state index is 12.3. The fourth-order valence-electron chi connectivity index (χ4n) is 2.97. The van der Waals surface area contributed by atoms with E-state index in [0.717, 1.165) is 28.8 Å². The van der Waals surface area contributed by atoms with E-state index in [1.54, 1.807) is 13.3 Å². The molecule has 0 saturated carbocycles. The van der Waals surface area contributed by atoms with Gasteiger partial charge in [-0.15, -0.1) is 0 Å². The molecule has 0 bridgehead atoms. The Morgan fingerprint density at radius 2 is 1.62 bits per heavy atom. The lowest BCUT2D eigenvalue weighted by molar-refractivity contribution is -0.137. The van der Waals surface area contributed by atoms with Crippen LogP contribution in [0.4, 0.5) is 23.7 Å². The molecule has 0 heterocycles. The van der Waals surface area contributed by atoms with Crippen molar-refractivity contribution in [3.05, 3.63) is 64.7 Å². The van der Waals surface area contributed by atoms with E-state index < -0.39 is 28.8 Å². The summed E-state index contributed by atoms with van der Waals surface area (Å²) in [5.41, 5.74) is 1.74. The number of benzene rings is 2. The molecule has 2 aromatic carbocycles. The number of hydrogen-bond acceptors (Lipinski definition) is 4. The Kier molecular flexibility index (Phi) is 10.3. The molecule has 188 valence electrons. The second kappa shape index (κ2) is 12.0. The van der Waals surface area contributed by atoms with Gasteiger partial charge < -0.3 is 9.84 Å². The lowest BCUT2D eigenvalue weighted by atomic mass is 9.81. The Labute approximate surface area is 200 Å². The molecule has 2 aromatic rings. The summed E-state index contributed by atoms with van der Waals surface area (Å²) in [7, 11) is 1.70. The van der Waals surface area contributed by atoms with Gasteiger partial charge in [-0.1, -0.05) is 38.1 Å². The topological polar surface area (TPSA) is 70.9 Å². The SMILES string of the molecule is CCC(C)(CO)c1ccc(C(F)(F)F)cc1.CN=Cc1c(C)cccc1NC(=O)OC(C)(C)C. The lowest BCUT2D eigenvalue weighted by Crippen LogP contribution is -2.27. The molecule has 0 spiro atoms. The van der Waals surface area contributed by atoms with Crippen LogP contribution in [0.25, 0.3) is 0 Å². The van der Waals surface area contributed by atoms with Gasteiger partial charge in [0.25, 0.3) is 0 Å². The summed E-state index contributed by atoms with van der Waals surface area (Å²) in [5.74, 6) is 0. The second-order valence-electron chi connectivity index (χ2n) is 9.20. The van der Waals surface area contributed by atoms with E-state index in [2.05, 4.69) is 10.3 Å². The number of ether oxygens (including phenoxy) is 1. The number of amides is 1. The van der Waals surface area contributed by atoms with E-state index in [1.807, 2.05) is 59.7 Å². The molecule has 2 rings (SSSR count). The normalized spacial score (nSPS) is 13.6. The molecule has 1 amide bonds. The first kappa shape index (κ1) is 29.2. The number of nitrogens with one attached hydrogen (secondary N) is 1. The quantitative estimate of drug-likeness (QED) is 0.465. The highest BCUT2D eigenvalue weighted by Crippen LogP contribution is 2.32. The second-order valence-corrected chi connectivity index (χ2v) is 9.20. The first-order valence-corrected chi connectivity index (χ1v) is 11.0. The summed E-state index contributed by atoms with van der Waals surface area (Å²) in [5, 5.41) is 12.0. The number of aliphatic hydroxyl groups is 1. The molecule has 8 heteroatoms. The summed E-state index contributed by atoms with van der Waals surface area (Å²) in [4.78, 5) is 15.7. The number of rotatable bonds is 5. The standard InChI is InChI=1S/C14H20N2O2.C12H15F3O/c1-10-7-6-8-12(11(10)9-15-5)16-13(17)18-14(2,3)4;1-3-11(2,8-16)9-4-6-10(7-5-9)12(13,14)15/h6-9H,1-5H3,(H,16,17);4-7,16H,3,8H2,1-2H3. The number of aryl methyl sites for hydroxylation is 1. The Morgan fingerprint density at radius 1 is 1.06 bits per heavy atom. The molecular weight excluding hydrogens is 445 g/mol. The fraction of sp³-hybridized carbons (Fsp3) is 0.462. The van der Waals surface area contributed by atoms with E-state index in [0.29, 0.717) is 12.1 Å². The number of alkyl halides is 3. The molecule has 0 aliphatic carbocycles. The number of hydrogen-bond donors (Lipinski definition) is 2. The highest BCUT2D eigenvalue weighted by Gasteiger charge is 2.31. The number of aliphatic imine (C=N–C) groups is 1. The number of nitrogens with zero attached hydrogens (tertiary/aromatic N) is 1. The van der Waals surface area contributed by atoms with Crippen molar-refractivity contribution in [2.24, 2.45) is 4.99 Å². The number of halogens is 3. The molecule has 2 N–H and O–H groups in total. The van der Waals surface area contributed by atoms with Crippen LogP contribution in [0.2, 0.25) is 0 Å². The van der Waals surface area contributed by atoms with Crippen molar-refractivity contribution in [2.75, 3.05) is 19.0 Å². The maximum absolute atomic E-state index is 12.3. The zero-order valence-corrected chi connectivity index (χ0v) is 20.9. The van der Waals surface area contributed by atoms with E-state index in [4.69, 9.17) is 4.74 Å². The molecule has 1 unspecified atom stereocenters. The molecule has 1 atom stereocenters. The van der Waals surface area contributed by atoms with Gasteiger partial charge in [-0.05, 0) is 63.4 Å². The van der Waals surface area contributed by atoms with E-state index in [1.165, 1.54) is 12.1 Å². The first-order chi connectivity index (χ1) is 15.7. The average Bonchev–Trinajstić information content (AvgIpc) is 2.74. The van der Waals surface area contributed by atoms with Gasteiger partial charge in [-0.2, -0.15) is 13.2 Å². The van der Waals surface area contributed by atoms with Crippen LogP contribution in [0.1, 0.15) is 63.3 Å². The van der Waals surface area contributed by atoms with Crippen molar-refractivity contribution in [1.29, 1.82) is 0 Å². The number of anilines is 1. The highest BCUT2D eigenvalue weighted by atomic mass is 19.4. The third-order valence-corrected chi connectivity index (χ3v) is 5.26. The third kappa shape index (κ3) is 8.82. The Balaban J connectivity index is 0.000000342. The summed E-state index contributed by atoms with van der Waals surface area (Å²) in [6.45, 7) is 11.1. The van der Waals surface area contributed by atoms with Crippen molar-refractivity contribution in [3.63, 3.8) is 0 Å². The average molecular weight is 481 g/mol. The van der Waals surface area contributed by atoms with Gasteiger partial charge in [-0.3, -0.25) is 10.3 Å². The van der Waals surface area contributed by atoms with Crippen LogP contribution >= 0.6 is 0 Å². The van der Waals surface area contributed by atoms with E-state index in [9.17, 15) is 23.1 Å². The minimum absolute atomic E-state index is 0.0745. The molecule has 0 aliphatic rings. The Bertz CT molecular complexity index is 959. The Hall–Kier alpha value is -2.87. The minimum atomic E-state index is -4.31. The van der Waals surface area contributed by atoms with E-state index >= 15 is 0 Å².